The summed E-state index contributed by atoms with van der Waals surface area (Å²) in [4.78, 5) is 48.8. The van der Waals surface area contributed by atoms with Crippen LogP contribution in [0, 0.1) is 15.9 Å². The second kappa shape index (κ2) is 8.07. The first-order valence-electron chi connectivity index (χ1n) is 8.82. The molecule has 1 fully saturated rings. The van der Waals surface area contributed by atoms with Crippen molar-refractivity contribution < 1.29 is 23.7 Å². The van der Waals surface area contributed by atoms with Crippen molar-refractivity contribution in [3.05, 3.63) is 69.0 Å². The number of rotatable bonds is 6. The summed E-state index contributed by atoms with van der Waals surface area (Å²) in [5.41, 5.74) is -1.35. The fraction of sp³-hybridized carbons (Fsp3) is 0.211. The van der Waals surface area contributed by atoms with Crippen LogP contribution in [-0.4, -0.2) is 34.2 Å². The number of halogens is 2. The van der Waals surface area contributed by atoms with Gasteiger partial charge in [-0.1, -0.05) is 30.7 Å². The highest BCUT2D eigenvalue weighted by atomic mass is 35.5. The lowest BCUT2D eigenvalue weighted by molar-refractivity contribution is -0.384. The largest absolute Gasteiger partial charge is 0.325 e. The maximum Gasteiger partial charge on any atom is 0.325 e. The van der Waals surface area contributed by atoms with E-state index in [4.69, 9.17) is 11.6 Å². The first-order valence-corrected chi connectivity index (χ1v) is 9.19. The monoisotopic (exact) mass is 434 g/mol. The van der Waals surface area contributed by atoms with Crippen molar-refractivity contribution in [1.29, 1.82) is 0 Å². The number of imide groups is 1. The number of nitrogens with one attached hydrogen (secondary N) is 2. The average Bonchev–Trinajstić information content (AvgIpc) is 2.95. The summed E-state index contributed by atoms with van der Waals surface area (Å²) in [7, 11) is 0. The molecular formula is C19H16ClFN4O5. The molecule has 0 saturated carbocycles. The number of nitro benzene ring substituents is 1. The molecule has 0 bridgehead atoms. The summed E-state index contributed by atoms with van der Waals surface area (Å²) in [6, 6.07) is 7.84. The molecule has 0 spiro atoms. The zero-order valence-corrected chi connectivity index (χ0v) is 16.4. The Morgan fingerprint density at radius 1 is 1.27 bits per heavy atom. The Bertz CT molecular complexity index is 1050. The topological polar surface area (TPSA) is 122 Å². The van der Waals surface area contributed by atoms with E-state index < -0.39 is 40.7 Å². The molecule has 0 radical (unpaired) electrons. The molecule has 1 heterocycles. The number of urea groups is 1. The Morgan fingerprint density at radius 3 is 2.53 bits per heavy atom. The van der Waals surface area contributed by atoms with Gasteiger partial charge in [-0.3, -0.25) is 24.6 Å². The minimum Gasteiger partial charge on any atom is -0.323 e. The van der Waals surface area contributed by atoms with Gasteiger partial charge in [0.05, 0.1) is 15.6 Å². The molecule has 2 N–H and O–H groups in total. The van der Waals surface area contributed by atoms with Crippen molar-refractivity contribution in [3.8, 4) is 0 Å². The van der Waals surface area contributed by atoms with Gasteiger partial charge in [-0.2, -0.15) is 0 Å². The van der Waals surface area contributed by atoms with Gasteiger partial charge in [-0.25, -0.2) is 9.18 Å². The van der Waals surface area contributed by atoms with Crippen LogP contribution in [0.25, 0.3) is 0 Å². The number of carbonyl (C=O) groups excluding carboxylic acids is 3. The second-order valence-electron chi connectivity index (χ2n) is 6.56. The molecule has 4 amide bonds. The standard InChI is InChI=1S/C19H16ClFN4O5/c1-2-19(11-3-5-12(21)6-4-11)17(27)24(18(28)23-19)10-16(26)22-15-9-13(25(29)30)7-8-14(15)20/h3-9H,2,10H2,1H3,(H,22,26)(H,23,28). The third-order valence-corrected chi connectivity index (χ3v) is 5.11. The number of nitro groups is 1. The Labute approximate surface area is 175 Å². The zero-order valence-electron chi connectivity index (χ0n) is 15.6. The van der Waals surface area contributed by atoms with E-state index in [0.717, 1.165) is 11.0 Å². The van der Waals surface area contributed by atoms with Gasteiger partial charge in [0.2, 0.25) is 5.91 Å². The number of benzene rings is 2. The molecule has 1 aliphatic heterocycles. The fourth-order valence-corrected chi connectivity index (χ4v) is 3.36. The number of hydrogen-bond acceptors (Lipinski definition) is 5. The fourth-order valence-electron chi connectivity index (χ4n) is 3.20. The van der Waals surface area contributed by atoms with Crippen molar-refractivity contribution in [2.75, 3.05) is 11.9 Å². The third kappa shape index (κ3) is 3.81. The van der Waals surface area contributed by atoms with Gasteiger partial charge in [0.25, 0.3) is 11.6 Å². The number of non-ortho nitro benzene ring substituents is 1. The SMILES string of the molecule is CCC1(c2ccc(F)cc2)NC(=O)N(CC(=O)Nc2cc([N+](=O)[O-])ccc2Cl)C1=O. The highest BCUT2D eigenvalue weighted by molar-refractivity contribution is 6.33. The Morgan fingerprint density at radius 2 is 1.93 bits per heavy atom. The Balaban J connectivity index is 1.80. The van der Waals surface area contributed by atoms with E-state index in [0.29, 0.717) is 5.56 Å². The predicted molar refractivity (Wildman–Crippen MR) is 105 cm³/mol. The molecule has 1 saturated heterocycles. The number of anilines is 1. The molecule has 3 rings (SSSR count). The van der Waals surface area contributed by atoms with E-state index in [1.807, 2.05) is 0 Å². The maximum absolute atomic E-state index is 13.3. The molecule has 11 heteroatoms. The highest BCUT2D eigenvalue weighted by Gasteiger charge is 2.51. The molecule has 0 aromatic heterocycles. The smallest absolute Gasteiger partial charge is 0.323 e. The van der Waals surface area contributed by atoms with Crippen molar-refractivity contribution in [2.45, 2.75) is 18.9 Å². The number of nitrogens with zero attached hydrogens (tertiary/aromatic N) is 2. The molecule has 156 valence electrons. The maximum atomic E-state index is 13.3. The highest BCUT2D eigenvalue weighted by Crippen LogP contribution is 2.33. The number of hydrogen-bond donors (Lipinski definition) is 2. The minimum atomic E-state index is -1.42. The zero-order chi connectivity index (χ0) is 22.1. The molecule has 9 nitrogen and oxygen atoms in total. The number of amides is 4. The molecule has 1 atom stereocenters. The quantitative estimate of drug-likeness (QED) is 0.411. The van der Waals surface area contributed by atoms with Crippen LogP contribution >= 0.6 is 11.6 Å². The first kappa shape index (κ1) is 21.2. The lowest BCUT2D eigenvalue weighted by Crippen LogP contribution is -2.44. The lowest BCUT2D eigenvalue weighted by atomic mass is 9.87. The minimum absolute atomic E-state index is 0.0248. The van der Waals surface area contributed by atoms with Gasteiger partial charge in [0.15, 0.2) is 0 Å². The molecule has 2 aromatic rings. The van der Waals surface area contributed by atoms with Crippen molar-refractivity contribution in [1.82, 2.24) is 10.2 Å². The molecule has 1 aliphatic rings. The third-order valence-electron chi connectivity index (χ3n) is 4.78. The van der Waals surface area contributed by atoms with Crippen LogP contribution in [-0.2, 0) is 15.1 Å². The van der Waals surface area contributed by atoms with E-state index in [1.165, 1.54) is 36.4 Å². The summed E-state index contributed by atoms with van der Waals surface area (Å²) >= 11 is 5.95. The number of carbonyl (C=O) groups is 3. The Kier molecular flexibility index (Phi) is 5.70. The van der Waals surface area contributed by atoms with E-state index in [1.54, 1.807) is 6.92 Å². The van der Waals surface area contributed by atoms with E-state index in [2.05, 4.69) is 10.6 Å². The van der Waals surface area contributed by atoms with E-state index in [-0.39, 0.29) is 22.8 Å². The summed E-state index contributed by atoms with van der Waals surface area (Å²) in [5, 5.41) is 15.9. The summed E-state index contributed by atoms with van der Waals surface area (Å²) in [5.74, 6) is -1.93. The Hall–Kier alpha value is -3.53. The van der Waals surface area contributed by atoms with Crippen molar-refractivity contribution in [2.24, 2.45) is 0 Å². The van der Waals surface area contributed by atoms with Gasteiger partial charge in [-0.05, 0) is 30.2 Å². The normalized spacial score (nSPS) is 18.3. The van der Waals surface area contributed by atoms with E-state index in [9.17, 15) is 28.9 Å². The molecule has 2 aromatic carbocycles. The molecule has 30 heavy (non-hydrogen) atoms. The predicted octanol–water partition coefficient (Wildman–Crippen LogP) is 3.18. The van der Waals surface area contributed by atoms with Crippen molar-refractivity contribution >= 4 is 40.8 Å². The average molecular weight is 435 g/mol. The van der Waals surface area contributed by atoms with Crippen LogP contribution < -0.4 is 10.6 Å². The summed E-state index contributed by atoms with van der Waals surface area (Å²) < 4.78 is 13.3. The van der Waals surface area contributed by atoms with Crippen LogP contribution in [0.4, 0.5) is 20.6 Å². The van der Waals surface area contributed by atoms with Crippen LogP contribution in [0.5, 0.6) is 0 Å². The van der Waals surface area contributed by atoms with Gasteiger partial charge >= 0.3 is 6.03 Å². The molecular weight excluding hydrogens is 419 g/mol. The van der Waals surface area contributed by atoms with Crippen LogP contribution in [0.1, 0.15) is 18.9 Å². The van der Waals surface area contributed by atoms with Crippen LogP contribution in [0.2, 0.25) is 5.02 Å². The second-order valence-corrected chi connectivity index (χ2v) is 6.96. The van der Waals surface area contributed by atoms with Crippen LogP contribution in [0.15, 0.2) is 42.5 Å². The lowest BCUT2D eigenvalue weighted by Gasteiger charge is -2.25. The molecule has 1 unspecified atom stereocenters. The van der Waals surface area contributed by atoms with Gasteiger partial charge in [0, 0.05) is 12.1 Å². The summed E-state index contributed by atoms with van der Waals surface area (Å²) in [6.45, 7) is 1.04. The summed E-state index contributed by atoms with van der Waals surface area (Å²) in [6.07, 6.45) is 0.179. The van der Waals surface area contributed by atoms with Gasteiger partial charge in [0.1, 0.15) is 17.9 Å². The molecule has 0 aliphatic carbocycles. The van der Waals surface area contributed by atoms with Gasteiger partial charge < -0.3 is 10.6 Å². The van der Waals surface area contributed by atoms with Gasteiger partial charge in [-0.15, -0.1) is 0 Å². The first-order chi connectivity index (χ1) is 14.2. The van der Waals surface area contributed by atoms with E-state index >= 15 is 0 Å². The van der Waals surface area contributed by atoms with Crippen LogP contribution in [0.3, 0.4) is 0 Å². The van der Waals surface area contributed by atoms with Crippen molar-refractivity contribution in [3.63, 3.8) is 0 Å².